The number of aliphatic hydroxyl groups is 5. The zero-order valence-electron chi connectivity index (χ0n) is 36.3. The van der Waals surface area contributed by atoms with E-state index in [1.807, 2.05) is 0 Å². The Hall–Kier alpha value is -1.89. The van der Waals surface area contributed by atoms with Crippen LogP contribution >= 0.6 is 7.82 Å². The van der Waals surface area contributed by atoms with E-state index in [1.165, 1.54) is 70.6 Å². The van der Waals surface area contributed by atoms with Gasteiger partial charge in [0.15, 0.2) is 6.10 Å². The van der Waals surface area contributed by atoms with Gasteiger partial charge in [0.05, 0.1) is 6.61 Å². The minimum Gasteiger partial charge on any atom is -0.462 e. The maximum absolute atomic E-state index is 12.8. The van der Waals surface area contributed by atoms with Crippen LogP contribution in [0.1, 0.15) is 187 Å². The van der Waals surface area contributed by atoms with E-state index in [-0.39, 0.29) is 12.8 Å². The molecule has 1 rings (SSSR count). The van der Waals surface area contributed by atoms with Crippen LogP contribution in [0.5, 0.6) is 0 Å². The standard InChI is InChI=1S/C45H81O13P/c1-3-5-7-9-11-13-15-17-19-21-23-25-27-29-31-33-38(46)55-35-37(36-56-59(53,54)58-45-43(51)41(49)40(48)42(50)44(45)52)57-39(47)34-32-30-28-26-24-22-20-18-16-14-12-10-8-6-4-2/h15,18-20,37,40-45,48-52H,3-14,16,21-36H2,1-2H3,(H,53,54)/b20-18+/t17?,37-,40?,41-,42+,43+,44+,45?/m1/s1. The second-order valence-corrected chi connectivity index (χ2v) is 17.4. The molecule has 6 N–H and O–H groups in total. The van der Waals surface area contributed by atoms with Crippen molar-refractivity contribution < 1.29 is 63.1 Å². The first-order valence-electron chi connectivity index (χ1n) is 22.9. The molecule has 1 saturated carbocycles. The number of hydrogen-bond acceptors (Lipinski definition) is 12. The first kappa shape index (κ1) is 55.1. The van der Waals surface area contributed by atoms with Crippen molar-refractivity contribution in [2.75, 3.05) is 13.2 Å². The summed E-state index contributed by atoms with van der Waals surface area (Å²) in [5, 5.41) is 50.1. The molecule has 1 aliphatic carbocycles. The lowest BCUT2D eigenvalue weighted by Gasteiger charge is -2.41. The first-order chi connectivity index (χ1) is 28.4. The van der Waals surface area contributed by atoms with Gasteiger partial charge >= 0.3 is 19.8 Å². The SMILES string of the molecule is CCCCCCCC=C=CCCCCCCCC(=O)OC[C@H](COP(=O)(O)OC1[C@@H](O)[C@H](O)C(O)[C@H](O)[C@@H]1O)OC(=O)CCCCCCC/C=C/CCCCCCCC. The smallest absolute Gasteiger partial charge is 0.462 e. The molecule has 0 bridgehead atoms. The number of carbonyl (C=O) groups excluding carboxylic acids is 2. The van der Waals surface area contributed by atoms with Gasteiger partial charge in [0.25, 0.3) is 0 Å². The average molecular weight is 861 g/mol. The van der Waals surface area contributed by atoms with Crippen molar-refractivity contribution in [3.63, 3.8) is 0 Å². The van der Waals surface area contributed by atoms with Gasteiger partial charge in [-0.05, 0) is 76.4 Å². The van der Waals surface area contributed by atoms with Crippen LogP contribution in [-0.4, -0.2) is 98.3 Å². The van der Waals surface area contributed by atoms with E-state index in [1.54, 1.807) is 0 Å². The Morgan fingerprint density at radius 1 is 0.559 bits per heavy atom. The molecule has 0 amide bonds. The Bertz CT molecular complexity index is 1190. The van der Waals surface area contributed by atoms with Crippen LogP contribution in [0.2, 0.25) is 0 Å². The third-order valence-electron chi connectivity index (χ3n) is 10.5. The van der Waals surface area contributed by atoms with Crippen LogP contribution in [-0.2, 0) is 32.7 Å². The van der Waals surface area contributed by atoms with Crippen LogP contribution in [0.25, 0.3) is 0 Å². The van der Waals surface area contributed by atoms with Crippen molar-refractivity contribution in [3.05, 3.63) is 30.0 Å². The van der Waals surface area contributed by atoms with E-state index in [4.69, 9.17) is 18.5 Å². The Kier molecular flexibility index (Phi) is 33.3. The third kappa shape index (κ3) is 28.4. The topological polar surface area (TPSA) is 210 Å². The summed E-state index contributed by atoms with van der Waals surface area (Å²) < 4.78 is 33.5. The molecule has 0 spiro atoms. The molecule has 0 aliphatic heterocycles. The number of aliphatic hydroxyl groups excluding tert-OH is 5. The Morgan fingerprint density at radius 3 is 1.46 bits per heavy atom. The molecular formula is C45H81O13P. The van der Waals surface area contributed by atoms with E-state index in [2.05, 4.69) is 43.9 Å². The quantitative estimate of drug-likeness (QED) is 0.0114. The Labute approximate surface area is 355 Å². The number of ether oxygens (including phenoxy) is 2. The molecule has 0 saturated heterocycles. The molecule has 344 valence electrons. The fraction of sp³-hybridized carbons (Fsp3) is 0.844. The molecule has 0 aromatic heterocycles. The number of rotatable bonds is 37. The van der Waals surface area contributed by atoms with E-state index in [9.17, 15) is 44.6 Å². The zero-order chi connectivity index (χ0) is 43.6. The van der Waals surface area contributed by atoms with Gasteiger partial charge in [0, 0.05) is 12.8 Å². The summed E-state index contributed by atoms with van der Waals surface area (Å²) in [7, 11) is -5.12. The Morgan fingerprint density at radius 2 is 0.966 bits per heavy atom. The molecule has 3 unspecified atom stereocenters. The van der Waals surface area contributed by atoms with E-state index in [0.717, 1.165) is 77.0 Å². The summed E-state index contributed by atoms with van der Waals surface area (Å²) >= 11 is 0. The molecule has 8 atom stereocenters. The van der Waals surface area contributed by atoms with Gasteiger partial charge < -0.3 is 39.9 Å². The van der Waals surface area contributed by atoms with Gasteiger partial charge in [-0.3, -0.25) is 18.6 Å². The lowest BCUT2D eigenvalue weighted by Crippen LogP contribution is -2.64. The second kappa shape index (κ2) is 35.7. The largest absolute Gasteiger partial charge is 0.472 e. The highest BCUT2D eigenvalue weighted by atomic mass is 31.2. The Balaban J connectivity index is 2.49. The number of phosphoric ester groups is 1. The lowest BCUT2D eigenvalue weighted by atomic mass is 9.85. The van der Waals surface area contributed by atoms with Crippen LogP contribution in [0.15, 0.2) is 30.0 Å². The highest BCUT2D eigenvalue weighted by Gasteiger charge is 2.51. The average Bonchev–Trinajstić information content (AvgIpc) is 3.21. The highest BCUT2D eigenvalue weighted by Crippen LogP contribution is 2.47. The number of carbonyl (C=O) groups is 2. The number of phosphoric acid groups is 1. The minimum atomic E-state index is -5.12. The maximum Gasteiger partial charge on any atom is 0.472 e. The van der Waals surface area contributed by atoms with Crippen LogP contribution < -0.4 is 0 Å². The summed E-state index contributed by atoms with van der Waals surface area (Å²) in [6, 6.07) is 0. The number of allylic oxidation sites excluding steroid dienone is 3. The summed E-state index contributed by atoms with van der Waals surface area (Å²) in [5.74, 6) is -1.13. The molecule has 1 fully saturated rings. The van der Waals surface area contributed by atoms with Crippen LogP contribution in [0.3, 0.4) is 0 Å². The second-order valence-electron chi connectivity index (χ2n) is 16.0. The third-order valence-corrected chi connectivity index (χ3v) is 11.5. The predicted molar refractivity (Wildman–Crippen MR) is 229 cm³/mol. The van der Waals surface area contributed by atoms with Crippen molar-refractivity contribution in [2.45, 2.75) is 230 Å². The highest BCUT2D eigenvalue weighted by molar-refractivity contribution is 7.47. The van der Waals surface area contributed by atoms with Crippen molar-refractivity contribution >= 4 is 19.8 Å². The summed E-state index contributed by atoms with van der Waals surface area (Å²) in [5.41, 5.74) is 3.27. The van der Waals surface area contributed by atoms with Crippen molar-refractivity contribution in [2.24, 2.45) is 0 Å². The molecule has 0 heterocycles. The number of unbranched alkanes of at least 4 members (excludes halogenated alkanes) is 21. The molecule has 0 radical (unpaired) electrons. The van der Waals surface area contributed by atoms with Crippen LogP contribution in [0.4, 0.5) is 0 Å². The number of hydrogen-bond donors (Lipinski definition) is 6. The van der Waals surface area contributed by atoms with E-state index >= 15 is 0 Å². The van der Waals surface area contributed by atoms with Crippen molar-refractivity contribution in [1.29, 1.82) is 0 Å². The van der Waals surface area contributed by atoms with Gasteiger partial charge in [-0.2, -0.15) is 0 Å². The maximum atomic E-state index is 12.8. The molecule has 0 aromatic carbocycles. The molecule has 14 heteroatoms. The molecule has 59 heavy (non-hydrogen) atoms. The van der Waals surface area contributed by atoms with Gasteiger partial charge in [-0.15, -0.1) is 5.73 Å². The number of esters is 2. The summed E-state index contributed by atoms with van der Waals surface area (Å²) in [6.45, 7) is 3.25. The van der Waals surface area contributed by atoms with Gasteiger partial charge in [-0.1, -0.05) is 122 Å². The van der Waals surface area contributed by atoms with E-state index in [0.29, 0.717) is 12.8 Å². The lowest BCUT2D eigenvalue weighted by molar-refractivity contribution is -0.220. The normalized spacial score (nSPS) is 22.1. The molecule has 0 aromatic rings. The van der Waals surface area contributed by atoms with Gasteiger partial charge in [0.1, 0.15) is 43.2 Å². The molecular weight excluding hydrogens is 779 g/mol. The summed E-state index contributed by atoms with van der Waals surface area (Å²) in [6.07, 6.45) is 23.0. The van der Waals surface area contributed by atoms with Gasteiger partial charge in [-0.25, -0.2) is 4.57 Å². The summed E-state index contributed by atoms with van der Waals surface area (Å²) in [4.78, 5) is 35.7. The van der Waals surface area contributed by atoms with Crippen molar-refractivity contribution in [1.82, 2.24) is 0 Å². The van der Waals surface area contributed by atoms with Gasteiger partial charge in [0.2, 0.25) is 0 Å². The molecule has 1 aliphatic rings. The van der Waals surface area contributed by atoms with Crippen molar-refractivity contribution in [3.8, 4) is 0 Å². The predicted octanol–water partition coefficient (Wildman–Crippen LogP) is 8.60. The first-order valence-corrected chi connectivity index (χ1v) is 24.4. The van der Waals surface area contributed by atoms with E-state index < -0.39 is 75.7 Å². The minimum absolute atomic E-state index is 0.0830. The van der Waals surface area contributed by atoms with Crippen LogP contribution in [0, 0.1) is 0 Å². The zero-order valence-corrected chi connectivity index (χ0v) is 37.2. The fourth-order valence-corrected chi connectivity index (χ4v) is 7.76. The molecule has 13 nitrogen and oxygen atoms in total. The monoisotopic (exact) mass is 861 g/mol. The fourth-order valence-electron chi connectivity index (χ4n) is 6.79.